The van der Waals surface area contributed by atoms with Crippen LogP contribution < -0.4 is 10.2 Å². The molecule has 106 valence electrons. The third kappa shape index (κ3) is 4.20. The monoisotopic (exact) mass is 326 g/mol. The van der Waals surface area contributed by atoms with Gasteiger partial charge < -0.3 is 15.0 Å². The molecule has 1 unspecified atom stereocenters. The second-order valence-electron chi connectivity index (χ2n) is 5.44. The maximum Gasteiger partial charge on any atom is 0.0722 e. The van der Waals surface area contributed by atoms with Crippen LogP contribution in [0.2, 0.25) is 0 Å². The topological polar surface area (TPSA) is 24.5 Å². The predicted molar refractivity (Wildman–Crippen MR) is 83.7 cm³/mol. The van der Waals surface area contributed by atoms with Gasteiger partial charge in [-0.25, -0.2) is 0 Å². The number of morpholine rings is 1. The number of ether oxygens (including phenoxy) is 1. The molecule has 3 nitrogen and oxygen atoms in total. The molecule has 1 atom stereocenters. The molecular weight excluding hydrogens is 304 g/mol. The molecule has 0 aliphatic carbocycles. The summed E-state index contributed by atoms with van der Waals surface area (Å²) in [5.74, 6) is 0. The van der Waals surface area contributed by atoms with Crippen molar-refractivity contribution in [2.24, 2.45) is 0 Å². The Kier molecular flexibility index (Phi) is 5.25. The quantitative estimate of drug-likeness (QED) is 0.919. The number of nitrogens with one attached hydrogen (secondary N) is 1. The SMILES string of the molecule is CC(C)NCc1cc(Br)ccc1N1CCOC(C)C1. The third-order valence-corrected chi connectivity index (χ3v) is 3.82. The van der Waals surface area contributed by atoms with E-state index in [2.05, 4.69) is 65.1 Å². The summed E-state index contributed by atoms with van der Waals surface area (Å²) in [6.45, 7) is 10.1. The molecule has 4 heteroatoms. The summed E-state index contributed by atoms with van der Waals surface area (Å²) in [5, 5.41) is 3.50. The van der Waals surface area contributed by atoms with E-state index in [0.717, 1.165) is 30.7 Å². The van der Waals surface area contributed by atoms with E-state index in [1.54, 1.807) is 0 Å². The van der Waals surface area contributed by atoms with E-state index in [-0.39, 0.29) is 0 Å². The minimum Gasteiger partial charge on any atom is -0.375 e. The molecule has 1 saturated heterocycles. The summed E-state index contributed by atoms with van der Waals surface area (Å²) >= 11 is 3.57. The first kappa shape index (κ1) is 14.8. The van der Waals surface area contributed by atoms with Crippen LogP contribution >= 0.6 is 15.9 Å². The zero-order valence-corrected chi connectivity index (χ0v) is 13.5. The molecule has 1 aliphatic heterocycles. The minimum atomic E-state index is 0.309. The Bertz CT molecular complexity index is 423. The van der Waals surface area contributed by atoms with E-state index in [1.807, 2.05) is 0 Å². The van der Waals surface area contributed by atoms with E-state index in [4.69, 9.17) is 4.74 Å². The number of benzene rings is 1. The van der Waals surface area contributed by atoms with Crippen molar-refractivity contribution in [2.45, 2.75) is 39.5 Å². The molecule has 1 aromatic rings. The molecule has 19 heavy (non-hydrogen) atoms. The number of halogens is 1. The molecule has 2 rings (SSSR count). The highest BCUT2D eigenvalue weighted by atomic mass is 79.9. The van der Waals surface area contributed by atoms with Gasteiger partial charge in [-0.15, -0.1) is 0 Å². The van der Waals surface area contributed by atoms with Gasteiger partial charge in [-0.3, -0.25) is 0 Å². The van der Waals surface area contributed by atoms with Gasteiger partial charge in [-0.05, 0) is 30.7 Å². The highest BCUT2D eigenvalue weighted by molar-refractivity contribution is 9.10. The molecule has 1 fully saturated rings. The van der Waals surface area contributed by atoms with Crippen LogP contribution in [-0.2, 0) is 11.3 Å². The van der Waals surface area contributed by atoms with Crippen LogP contribution in [0.25, 0.3) is 0 Å². The highest BCUT2D eigenvalue weighted by Gasteiger charge is 2.19. The normalized spacial score (nSPS) is 20.1. The Morgan fingerprint density at radius 1 is 1.47 bits per heavy atom. The second-order valence-corrected chi connectivity index (χ2v) is 6.35. The number of anilines is 1. The van der Waals surface area contributed by atoms with Crippen LogP contribution in [0.3, 0.4) is 0 Å². The largest absolute Gasteiger partial charge is 0.375 e. The van der Waals surface area contributed by atoms with Gasteiger partial charge in [-0.1, -0.05) is 29.8 Å². The maximum atomic E-state index is 5.62. The predicted octanol–water partition coefficient (Wildman–Crippen LogP) is 3.17. The fourth-order valence-corrected chi connectivity index (χ4v) is 2.76. The van der Waals surface area contributed by atoms with Gasteiger partial charge in [0.05, 0.1) is 12.7 Å². The molecule has 1 heterocycles. The van der Waals surface area contributed by atoms with E-state index < -0.39 is 0 Å². The standard InChI is InChI=1S/C15H23BrN2O/c1-11(2)17-9-13-8-14(16)4-5-15(13)18-6-7-19-12(3)10-18/h4-5,8,11-12,17H,6-7,9-10H2,1-3H3. The summed E-state index contributed by atoms with van der Waals surface area (Å²) in [5.41, 5.74) is 2.67. The molecule has 0 spiro atoms. The van der Waals surface area contributed by atoms with Gasteiger partial charge >= 0.3 is 0 Å². The van der Waals surface area contributed by atoms with E-state index >= 15 is 0 Å². The first-order chi connectivity index (χ1) is 9.06. The molecule has 1 aromatic carbocycles. The Hall–Kier alpha value is -0.580. The van der Waals surface area contributed by atoms with Gasteiger partial charge in [0, 0.05) is 35.8 Å². The first-order valence-electron chi connectivity index (χ1n) is 6.94. The van der Waals surface area contributed by atoms with Gasteiger partial charge in [-0.2, -0.15) is 0 Å². The molecule has 0 aromatic heterocycles. The molecule has 0 bridgehead atoms. The van der Waals surface area contributed by atoms with E-state index in [0.29, 0.717) is 12.1 Å². The minimum absolute atomic E-state index is 0.309. The van der Waals surface area contributed by atoms with Crippen LogP contribution in [0.15, 0.2) is 22.7 Å². The average Bonchev–Trinajstić information content (AvgIpc) is 2.36. The van der Waals surface area contributed by atoms with Crippen LogP contribution in [0.1, 0.15) is 26.3 Å². The van der Waals surface area contributed by atoms with Crippen molar-refractivity contribution in [3.63, 3.8) is 0 Å². The van der Waals surface area contributed by atoms with Crippen LogP contribution in [-0.4, -0.2) is 31.8 Å². The lowest BCUT2D eigenvalue weighted by Gasteiger charge is -2.34. The first-order valence-corrected chi connectivity index (χ1v) is 7.74. The fourth-order valence-electron chi connectivity index (χ4n) is 2.36. The number of hydrogen-bond acceptors (Lipinski definition) is 3. The van der Waals surface area contributed by atoms with Crippen molar-refractivity contribution < 1.29 is 4.74 Å². The lowest BCUT2D eigenvalue weighted by atomic mass is 10.1. The number of nitrogens with zero attached hydrogens (tertiary/aromatic N) is 1. The zero-order chi connectivity index (χ0) is 13.8. The zero-order valence-electron chi connectivity index (χ0n) is 11.9. The summed E-state index contributed by atoms with van der Waals surface area (Å²) in [4.78, 5) is 2.43. The lowest BCUT2D eigenvalue weighted by Crippen LogP contribution is -2.41. The van der Waals surface area contributed by atoms with Crippen molar-refractivity contribution in [3.05, 3.63) is 28.2 Å². The molecule has 1 N–H and O–H groups in total. The van der Waals surface area contributed by atoms with Crippen molar-refractivity contribution >= 4 is 21.6 Å². The molecule has 0 radical (unpaired) electrons. The van der Waals surface area contributed by atoms with Crippen molar-refractivity contribution in [1.29, 1.82) is 0 Å². The Morgan fingerprint density at radius 2 is 2.26 bits per heavy atom. The summed E-state index contributed by atoms with van der Waals surface area (Å²) in [6.07, 6.45) is 0.309. The fraction of sp³-hybridized carbons (Fsp3) is 0.600. The summed E-state index contributed by atoms with van der Waals surface area (Å²) in [7, 11) is 0. The Morgan fingerprint density at radius 3 is 2.95 bits per heavy atom. The summed E-state index contributed by atoms with van der Waals surface area (Å²) in [6, 6.07) is 7.04. The van der Waals surface area contributed by atoms with Crippen LogP contribution in [0.4, 0.5) is 5.69 Å². The summed E-state index contributed by atoms with van der Waals surface area (Å²) < 4.78 is 6.76. The van der Waals surface area contributed by atoms with Gasteiger partial charge in [0.2, 0.25) is 0 Å². The third-order valence-electron chi connectivity index (χ3n) is 3.32. The number of hydrogen-bond donors (Lipinski definition) is 1. The Balaban J connectivity index is 2.18. The lowest BCUT2D eigenvalue weighted by molar-refractivity contribution is 0.0531. The van der Waals surface area contributed by atoms with Gasteiger partial charge in [0.25, 0.3) is 0 Å². The van der Waals surface area contributed by atoms with Crippen LogP contribution in [0.5, 0.6) is 0 Å². The molecule has 0 saturated carbocycles. The highest BCUT2D eigenvalue weighted by Crippen LogP contribution is 2.26. The van der Waals surface area contributed by atoms with Crippen molar-refractivity contribution in [1.82, 2.24) is 5.32 Å². The molecule has 1 aliphatic rings. The van der Waals surface area contributed by atoms with Crippen molar-refractivity contribution in [2.75, 3.05) is 24.6 Å². The molecular formula is C15H23BrN2O. The smallest absolute Gasteiger partial charge is 0.0722 e. The Labute approximate surface area is 124 Å². The number of rotatable bonds is 4. The maximum absolute atomic E-state index is 5.62. The second kappa shape index (κ2) is 6.73. The van der Waals surface area contributed by atoms with Gasteiger partial charge in [0.1, 0.15) is 0 Å². The van der Waals surface area contributed by atoms with Gasteiger partial charge in [0.15, 0.2) is 0 Å². The van der Waals surface area contributed by atoms with E-state index in [9.17, 15) is 0 Å². The average molecular weight is 327 g/mol. The van der Waals surface area contributed by atoms with Crippen LogP contribution in [0, 0.1) is 0 Å². The van der Waals surface area contributed by atoms with Crippen molar-refractivity contribution in [3.8, 4) is 0 Å². The molecule has 0 amide bonds. The van der Waals surface area contributed by atoms with E-state index in [1.165, 1.54) is 11.3 Å².